The molecule has 27 heavy (non-hydrogen) atoms. The number of anilines is 1. The van der Waals surface area contributed by atoms with Crippen molar-refractivity contribution in [3.05, 3.63) is 52.3 Å². The van der Waals surface area contributed by atoms with E-state index >= 15 is 0 Å². The molecule has 1 aliphatic heterocycles. The van der Waals surface area contributed by atoms with Gasteiger partial charge in [-0.2, -0.15) is 5.26 Å². The van der Waals surface area contributed by atoms with E-state index < -0.39 is 5.97 Å². The van der Waals surface area contributed by atoms with Crippen LogP contribution in [0.5, 0.6) is 0 Å². The molecule has 7 heteroatoms. The molecule has 7 nitrogen and oxygen atoms in total. The van der Waals surface area contributed by atoms with Gasteiger partial charge in [0.2, 0.25) is 0 Å². The van der Waals surface area contributed by atoms with Crippen LogP contribution in [0.3, 0.4) is 0 Å². The topological polar surface area (TPSA) is 98.4 Å². The largest absolute Gasteiger partial charge is 0.478 e. The maximum Gasteiger partial charge on any atom is 0.328 e. The standard InChI is InChI=1S/C20H22N4O3/c1-23-17-6-3-2-5-15(17)19(16(13-21)20(23)27)22-14-8-11-24(12-9-14)10-4-7-18(25)26/h2-7,14,22H,8-12H2,1H3,(H,25,26)/b7-4+. The second kappa shape index (κ2) is 8.06. The van der Waals surface area contributed by atoms with Crippen LogP contribution in [-0.4, -0.2) is 46.2 Å². The van der Waals surface area contributed by atoms with Gasteiger partial charge in [0, 0.05) is 44.2 Å². The minimum absolute atomic E-state index is 0.142. The Morgan fingerprint density at radius 3 is 2.74 bits per heavy atom. The number of piperidine rings is 1. The summed E-state index contributed by atoms with van der Waals surface area (Å²) in [4.78, 5) is 25.3. The van der Waals surface area contributed by atoms with Gasteiger partial charge in [-0.3, -0.25) is 9.69 Å². The van der Waals surface area contributed by atoms with Crippen molar-refractivity contribution >= 4 is 22.6 Å². The zero-order valence-electron chi connectivity index (χ0n) is 15.2. The summed E-state index contributed by atoms with van der Waals surface area (Å²) in [6.45, 7) is 2.26. The minimum Gasteiger partial charge on any atom is -0.478 e. The summed E-state index contributed by atoms with van der Waals surface area (Å²) in [5.74, 6) is -0.937. The van der Waals surface area contributed by atoms with Crippen LogP contribution in [0, 0.1) is 11.3 Å². The summed E-state index contributed by atoms with van der Waals surface area (Å²) >= 11 is 0. The van der Waals surface area contributed by atoms with Crippen molar-refractivity contribution in [1.29, 1.82) is 5.26 Å². The molecule has 0 atom stereocenters. The Kier molecular flexibility index (Phi) is 5.57. The second-order valence-corrected chi connectivity index (χ2v) is 6.70. The van der Waals surface area contributed by atoms with Crippen molar-refractivity contribution < 1.29 is 9.90 Å². The number of carboxylic acids is 1. The predicted molar refractivity (Wildman–Crippen MR) is 104 cm³/mol. The first-order chi connectivity index (χ1) is 13.0. The Balaban J connectivity index is 1.78. The highest BCUT2D eigenvalue weighted by Gasteiger charge is 2.22. The summed E-state index contributed by atoms with van der Waals surface area (Å²) in [7, 11) is 1.68. The molecule has 3 rings (SSSR count). The number of likely N-dealkylation sites (tertiary alicyclic amines) is 1. The first-order valence-electron chi connectivity index (χ1n) is 8.91. The van der Waals surface area contributed by atoms with Crippen LogP contribution < -0.4 is 10.9 Å². The molecular formula is C20H22N4O3. The van der Waals surface area contributed by atoms with Gasteiger partial charge >= 0.3 is 5.97 Å². The molecule has 0 aliphatic carbocycles. The quantitative estimate of drug-likeness (QED) is 0.785. The van der Waals surface area contributed by atoms with Gasteiger partial charge in [0.05, 0.1) is 11.2 Å². The van der Waals surface area contributed by atoms with Gasteiger partial charge < -0.3 is 15.0 Å². The fourth-order valence-electron chi connectivity index (χ4n) is 3.52. The maximum atomic E-state index is 12.5. The van der Waals surface area contributed by atoms with Gasteiger partial charge in [-0.15, -0.1) is 0 Å². The number of rotatable bonds is 5. The first-order valence-corrected chi connectivity index (χ1v) is 8.91. The highest BCUT2D eigenvalue weighted by Crippen LogP contribution is 2.27. The summed E-state index contributed by atoms with van der Waals surface area (Å²) in [6.07, 6.45) is 4.53. The van der Waals surface area contributed by atoms with Gasteiger partial charge in [-0.05, 0) is 18.9 Å². The van der Waals surface area contributed by atoms with Gasteiger partial charge in [-0.1, -0.05) is 24.3 Å². The molecule has 0 spiro atoms. The number of carbonyl (C=O) groups is 1. The smallest absolute Gasteiger partial charge is 0.328 e. The SMILES string of the molecule is Cn1c(=O)c(C#N)c(NC2CCN(C/C=C/C(=O)O)CC2)c2ccccc21. The number of nitriles is 1. The van der Waals surface area contributed by atoms with Crippen molar-refractivity contribution in [3.8, 4) is 6.07 Å². The Morgan fingerprint density at radius 1 is 1.37 bits per heavy atom. The summed E-state index contributed by atoms with van der Waals surface area (Å²) in [5, 5.41) is 22.5. The molecule has 2 heterocycles. The molecule has 0 saturated carbocycles. The van der Waals surface area contributed by atoms with E-state index in [1.807, 2.05) is 24.3 Å². The Morgan fingerprint density at radius 2 is 2.07 bits per heavy atom. The minimum atomic E-state index is -0.937. The van der Waals surface area contributed by atoms with Gasteiger partial charge in [0.25, 0.3) is 5.56 Å². The molecule has 2 aromatic rings. The molecule has 1 fully saturated rings. The lowest BCUT2D eigenvalue weighted by Crippen LogP contribution is -2.39. The highest BCUT2D eigenvalue weighted by molar-refractivity contribution is 5.94. The van der Waals surface area contributed by atoms with Crippen molar-refractivity contribution in [2.45, 2.75) is 18.9 Å². The van der Waals surface area contributed by atoms with Crippen LogP contribution >= 0.6 is 0 Å². The number of aromatic nitrogens is 1. The van der Waals surface area contributed by atoms with Crippen LogP contribution in [0.4, 0.5) is 5.69 Å². The number of para-hydroxylation sites is 1. The van der Waals surface area contributed by atoms with E-state index in [1.165, 1.54) is 4.57 Å². The lowest BCUT2D eigenvalue weighted by atomic mass is 10.0. The number of aryl methyl sites for hydroxylation is 1. The van der Waals surface area contributed by atoms with Crippen LogP contribution in [0.1, 0.15) is 18.4 Å². The Hall–Kier alpha value is -3.11. The van der Waals surface area contributed by atoms with E-state index in [2.05, 4.69) is 16.3 Å². The van der Waals surface area contributed by atoms with Crippen LogP contribution in [0.25, 0.3) is 10.9 Å². The van der Waals surface area contributed by atoms with E-state index in [-0.39, 0.29) is 17.2 Å². The van der Waals surface area contributed by atoms with Crippen molar-refractivity contribution in [1.82, 2.24) is 9.47 Å². The number of nitrogens with one attached hydrogen (secondary N) is 1. The molecule has 1 aromatic heterocycles. The fraction of sp³-hybridized carbons (Fsp3) is 0.350. The van der Waals surface area contributed by atoms with E-state index in [9.17, 15) is 14.9 Å². The molecule has 2 N–H and O–H groups in total. The summed E-state index contributed by atoms with van der Waals surface area (Å²) in [5.41, 5.74) is 1.25. The zero-order chi connectivity index (χ0) is 19.4. The second-order valence-electron chi connectivity index (χ2n) is 6.70. The first kappa shape index (κ1) is 18.7. The van der Waals surface area contributed by atoms with E-state index in [1.54, 1.807) is 13.1 Å². The molecular weight excluding hydrogens is 344 g/mol. The molecule has 0 unspecified atom stereocenters. The third-order valence-corrected chi connectivity index (χ3v) is 4.98. The van der Waals surface area contributed by atoms with E-state index in [0.717, 1.165) is 42.9 Å². The Labute approximate surface area is 157 Å². The third-order valence-electron chi connectivity index (χ3n) is 4.98. The van der Waals surface area contributed by atoms with E-state index in [4.69, 9.17) is 5.11 Å². The molecule has 1 saturated heterocycles. The molecule has 0 amide bonds. The number of hydrogen-bond acceptors (Lipinski definition) is 5. The number of hydrogen-bond donors (Lipinski definition) is 2. The monoisotopic (exact) mass is 366 g/mol. The summed E-state index contributed by atoms with van der Waals surface area (Å²) < 4.78 is 1.51. The molecule has 0 bridgehead atoms. The predicted octanol–water partition coefficient (Wildman–Crippen LogP) is 1.93. The average Bonchev–Trinajstić information content (AvgIpc) is 2.67. The number of pyridine rings is 1. The van der Waals surface area contributed by atoms with Gasteiger partial charge in [-0.25, -0.2) is 4.79 Å². The fourth-order valence-corrected chi connectivity index (χ4v) is 3.52. The van der Waals surface area contributed by atoms with E-state index in [0.29, 0.717) is 12.2 Å². The maximum absolute atomic E-state index is 12.5. The number of fused-ring (bicyclic) bond motifs is 1. The number of carboxylic acid groups (broad SMARTS) is 1. The number of benzene rings is 1. The highest BCUT2D eigenvalue weighted by atomic mass is 16.4. The molecule has 1 aliphatic rings. The molecule has 140 valence electrons. The van der Waals surface area contributed by atoms with Crippen LogP contribution in [-0.2, 0) is 11.8 Å². The Bertz CT molecular complexity index is 979. The lowest BCUT2D eigenvalue weighted by molar-refractivity contribution is -0.131. The van der Waals surface area contributed by atoms with Crippen molar-refractivity contribution in [3.63, 3.8) is 0 Å². The number of aliphatic carboxylic acids is 1. The number of nitrogens with zero attached hydrogens (tertiary/aromatic N) is 3. The molecule has 1 aromatic carbocycles. The average molecular weight is 366 g/mol. The normalized spacial score (nSPS) is 15.9. The van der Waals surface area contributed by atoms with Gasteiger partial charge in [0.15, 0.2) is 0 Å². The third kappa shape index (κ3) is 4.01. The van der Waals surface area contributed by atoms with Crippen molar-refractivity contribution in [2.75, 3.05) is 25.0 Å². The van der Waals surface area contributed by atoms with Crippen LogP contribution in [0.15, 0.2) is 41.2 Å². The summed E-state index contributed by atoms with van der Waals surface area (Å²) in [6, 6.07) is 9.79. The zero-order valence-corrected chi connectivity index (χ0v) is 15.2. The lowest BCUT2D eigenvalue weighted by Gasteiger charge is -2.32. The molecule has 0 radical (unpaired) electrons. The van der Waals surface area contributed by atoms with Gasteiger partial charge in [0.1, 0.15) is 11.6 Å². The van der Waals surface area contributed by atoms with Crippen LogP contribution in [0.2, 0.25) is 0 Å². The van der Waals surface area contributed by atoms with Crippen molar-refractivity contribution in [2.24, 2.45) is 7.05 Å².